The van der Waals surface area contributed by atoms with Crippen LogP contribution in [0.15, 0.2) is 18.2 Å². The lowest BCUT2D eigenvalue weighted by molar-refractivity contribution is 0.200. The Balaban J connectivity index is 1.98. The number of pyridine rings is 1. The lowest BCUT2D eigenvalue weighted by Gasteiger charge is -2.13. The van der Waals surface area contributed by atoms with Crippen LogP contribution in [-0.2, 0) is 5.88 Å². The monoisotopic (exact) mass is 226 g/mol. The van der Waals surface area contributed by atoms with E-state index in [0.29, 0.717) is 11.8 Å². The van der Waals surface area contributed by atoms with Crippen LogP contribution in [0.5, 0.6) is 5.88 Å². The van der Waals surface area contributed by atoms with Gasteiger partial charge >= 0.3 is 0 Å². The summed E-state index contributed by atoms with van der Waals surface area (Å²) < 4.78 is 5.78. The number of likely N-dealkylation sites (tertiary alicyclic amines) is 1. The molecule has 3 nitrogen and oxygen atoms in total. The Bertz CT molecular complexity index is 332. The van der Waals surface area contributed by atoms with Crippen molar-refractivity contribution in [1.29, 1.82) is 0 Å². The molecule has 15 heavy (non-hydrogen) atoms. The highest BCUT2D eigenvalue weighted by atomic mass is 35.5. The summed E-state index contributed by atoms with van der Waals surface area (Å²) >= 11 is 5.71. The third-order valence-electron chi connectivity index (χ3n) is 2.55. The average Bonchev–Trinajstić information content (AvgIpc) is 2.64. The van der Waals surface area contributed by atoms with E-state index in [1.165, 1.54) is 0 Å². The van der Waals surface area contributed by atoms with Crippen LogP contribution in [0, 0.1) is 0 Å². The number of aromatic nitrogens is 1. The molecule has 1 atom stereocenters. The standard InChI is InChI=1S/C11H15ClN2O/c1-14-6-5-10(8-14)15-11-4-2-3-9(7-12)13-11/h2-4,10H,5-8H2,1H3. The minimum absolute atomic E-state index is 0.271. The first-order valence-electron chi connectivity index (χ1n) is 5.15. The fourth-order valence-electron chi connectivity index (χ4n) is 1.76. The summed E-state index contributed by atoms with van der Waals surface area (Å²) in [4.78, 5) is 6.57. The number of alkyl halides is 1. The second-order valence-corrected chi connectivity index (χ2v) is 4.16. The smallest absolute Gasteiger partial charge is 0.213 e. The summed E-state index contributed by atoms with van der Waals surface area (Å²) in [6, 6.07) is 5.72. The van der Waals surface area contributed by atoms with Crippen molar-refractivity contribution < 1.29 is 4.74 Å². The lowest BCUT2D eigenvalue weighted by Crippen LogP contribution is -2.21. The fourth-order valence-corrected chi connectivity index (χ4v) is 1.91. The van der Waals surface area contributed by atoms with E-state index in [1.54, 1.807) is 0 Å². The van der Waals surface area contributed by atoms with E-state index < -0.39 is 0 Å². The Morgan fingerprint density at radius 2 is 2.47 bits per heavy atom. The molecule has 2 heterocycles. The first kappa shape index (κ1) is 10.7. The fraction of sp³-hybridized carbons (Fsp3) is 0.545. The third-order valence-corrected chi connectivity index (χ3v) is 2.83. The van der Waals surface area contributed by atoms with Gasteiger partial charge in [0.1, 0.15) is 6.10 Å². The predicted octanol–water partition coefficient (Wildman–Crippen LogP) is 1.90. The molecular formula is C11H15ClN2O. The van der Waals surface area contributed by atoms with E-state index in [4.69, 9.17) is 16.3 Å². The quantitative estimate of drug-likeness (QED) is 0.737. The van der Waals surface area contributed by atoms with Gasteiger partial charge in [-0.25, -0.2) is 4.98 Å². The molecule has 0 spiro atoms. The van der Waals surface area contributed by atoms with Crippen molar-refractivity contribution in [3.63, 3.8) is 0 Å². The largest absolute Gasteiger partial charge is 0.473 e. The van der Waals surface area contributed by atoms with Gasteiger partial charge in [-0.05, 0) is 19.5 Å². The summed E-state index contributed by atoms with van der Waals surface area (Å²) in [6.07, 6.45) is 1.34. The zero-order valence-electron chi connectivity index (χ0n) is 8.82. The van der Waals surface area contributed by atoms with Crippen molar-refractivity contribution in [2.45, 2.75) is 18.4 Å². The molecule has 4 heteroatoms. The SMILES string of the molecule is CN1CCC(Oc2cccc(CCl)n2)C1. The van der Waals surface area contributed by atoms with Crippen molar-refractivity contribution in [3.05, 3.63) is 23.9 Å². The molecule has 0 radical (unpaired) electrons. The second-order valence-electron chi connectivity index (χ2n) is 3.89. The van der Waals surface area contributed by atoms with Crippen LogP contribution in [-0.4, -0.2) is 36.1 Å². The van der Waals surface area contributed by atoms with Crippen LogP contribution >= 0.6 is 11.6 Å². The summed E-state index contributed by atoms with van der Waals surface area (Å²) in [6.45, 7) is 2.08. The van der Waals surface area contributed by atoms with Crippen LogP contribution in [0.1, 0.15) is 12.1 Å². The summed E-state index contributed by atoms with van der Waals surface area (Å²) in [5.41, 5.74) is 0.862. The Morgan fingerprint density at radius 3 is 3.13 bits per heavy atom. The molecule has 2 rings (SSSR count). The maximum Gasteiger partial charge on any atom is 0.213 e. The number of nitrogens with zero attached hydrogens (tertiary/aromatic N) is 2. The molecular weight excluding hydrogens is 212 g/mol. The Kier molecular flexibility index (Phi) is 3.44. The summed E-state index contributed by atoms with van der Waals surface area (Å²) in [5.74, 6) is 1.12. The lowest BCUT2D eigenvalue weighted by atomic mass is 10.3. The molecule has 1 unspecified atom stereocenters. The molecule has 0 saturated carbocycles. The van der Waals surface area contributed by atoms with E-state index in [-0.39, 0.29) is 6.10 Å². The van der Waals surface area contributed by atoms with Crippen LogP contribution < -0.4 is 4.74 Å². The van der Waals surface area contributed by atoms with Crippen molar-refractivity contribution in [1.82, 2.24) is 9.88 Å². The molecule has 1 aliphatic heterocycles. The Labute approximate surface area is 95.0 Å². The number of halogens is 1. The molecule has 0 N–H and O–H groups in total. The molecule has 1 saturated heterocycles. The molecule has 0 aliphatic carbocycles. The van der Waals surface area contributed by atoms with Gasteiger partial charge in [-0.3, -0.25) is 0 Å². The van der Waals surface area contributed by atoms with Gasteiger partial charge in [-0.1, -0.05) is 6.07 Å². The molecule has 0 amide bonds. The normalized spacial score (nSPS) is 21.9. The van der Waals surface area contributed by atoms with Gasteiger partial charge in [0.15, 0.2) is 0 Å². The predicted molar refractivity (Wildman–Crippen MR) is 60.3 cm³/mol. The van der Waals surface area contributed by atoms with E-state index >= 15 is 0 Å². The molecule has 0 bridgehead atoms. The van der Waals surface area contributed by atoms with Gasteiger partial charge in [0, 0.05) is 19.2 Å². The number of hydrogen-bond acceptors (Lipinski definition) is 3. The van der Waals surface area contributed by atoms with Crippen molar-refractivity contribution in [2.75, 3.05) is 20.1 Å². The molecule has 1 aromatic heterocycles. The van der Waals surface area contributed by atoms with Gasteiger partial charge in [0.05, 0.1) is 11.6 Å². The first-order valence-corrected chi connectivity index (χ1v) is 5.68. The number of likely N-dealkylation sites (N-methyl/N-ethyl adjacent to an activating group) is 1. The average molecular weight is 227 g/mol. The highest BCUT2D eigenvalue weighted by molar-refractivity contribution is 6.16. The van der Waals surface area contributed by atoms with Crippen LogP contribution in [0.3, 0.4) is 0 Å². The topological polar surface area (TPSA) is 25.4 Å². The maximum absolute atomic E-state index is 5.78. The molecule has 1 fully saturated rings. The highest BCUT2D eigenvalue weighted by Gasteiger charge is 2.21. The van der Waals surface area contributed by atoms with Crippen LogP contribution in [0.25, 0.3) is 0 Å². The minimum atomic E-state index is 0.271. The van der Waals surface area contributed by atoms with E-state index in [9.17, 15) is 0 Å². The highest BCUT2D eigenvalue weighted by Crippen LogP contribution is 2.16. The van der Waals surface area contributed by atoms with Crippen molar-refractivity contribution in [2.24, 2.45) is 0 Å². The van der Waals surface area contributed by atoms with Gasteiger partial charge in [0.2, 0.25) is 5.88 Å². The number of ether oxygens (including phenoxy) is 1. The van der Waals surface area contributed by atoms with Gasteiger partial charge in [-0.2, -0.15) is 0 Å². The van der Waals surface area contributed by atoms with Gasteiger partial charge < -0.3 is 9.64 Å². The Morgan fingerprint density at radius 1 is 1.60 bits per heavy atom. The maximum atomic E-state index is 5.78. The minimum Gasteiger partial charge on any atom is -0.473 e. The molecule has 1 aromatic rings. The molecule has 1 aliphatic rings. The van der Waals surface area contributed by atoms with E-state index in [1.807, 2.05) is 18.2 Å². The zero-order chi connectivity index (χ0) is 10.7. The van der Waals surface area contributed by atoms with Crippen LogP contribution in [0.2, 0.25) is 0 Å². The molecule has 82 valence electrons. The molecule has 0 aromatic carbocycles. The summed E-state index contributed by atoms with van der Waals surface area (Å²) in [7, 11) is 2.10. The van der Waals surface area contributed by atoms with Gasteiger partial charge in [0.25, 0.3) is 0 Å². The summed E-state index contributed by atoms with van der Waals surface area (Å²) in [5, 5.41) is 0. The van der Waals surface area contributed by atoms with E-state index in [0.717, 1.165) is 25.2 Å². The van der Waals surface area contributed by atoms with E-state index in [2.05, 4.69) is 16.9 Å². The second kappa shape index (κ2) is 4.81. The Hall–Kier alpha value is -0.800. The van der Waals surface area contributed by atoms with Crippen LogP contribution in [0.4, 0.5) is 0 Å². The van der Waals surface area contributed by atoms with Gasteiger partial charge in [-0.15, -0.1) is 11.6 Å². The van der Waals surface area contributed by atoms with Crippen molar-refractivity contribution >= 4 is 11.6 Å². The number of rotatable bonds is 3. The third kappa shape index (κ3) is 2.83. The van der Waals surface area contributed by atoms with Crippen molar-refractivity contribution in [3.8, 4) is 5.88 Å². The first-order chi connectivity index (χ1) is 7.28. The number of hydrogen-bond donors (Lipinski definition) is 0. The zero-order valence-corrected chi connectivity index (χ0v) is 9.57.